The van der Waals surface area contributed by atoms with Gasteiger partial charge in [-0.3, -0.25) is 14.5 Å². The molecule has 2 aromatic rings. The van der Waals surface area contributed by atoms with Crippen LogP contribution >= 0.6 is 11.6 Å². The maximum absolute atomic E-state index is 12.3. The number of rotatable bonds is 4. The van der Waals surface area contributed by atoms with Crippen LogP contribution in [0.1, 0.15) is 0 Å². The molecule has 7 nitrogen and oxygen atoms in total. The number of carbonyl (C=O) groups excluding carboxylic acids is 2. The van der Waals surface area contributed by atoms with Crippen molar-refractivity contribution in [1.82, 2.24) is 4.98 Å². The summed E-state index contributed by atoms with van der Waals surface area (Å²) in [4.78, 5) is 31.9. The molecule has 0 bridgehead atoms. The molecule has 1 N–H and O–H groups in total. The molecule has 0 saturated heterocycles. The summed E-state index contributed by atoms with van der Waals surface area (Å²) in [7, 11) is 3.76. The molecule has 0 unspecified atom stereocenters. The number of pyridine rings is 1. The van der Waals surface area contributed by atoms with E-state index in [9.17, 15) is 9.59 Å². The first kappa shape index (κ1) is 17.0. The number of anilines is 3. The van der Waals surface area contributed by atoms with Crippen molar-refractivity contribution in [1.29, 1.82) is 0 Å². The molecule has 0 atom stereocenters. The highest BCUT2D eigenvalue weighted by atomic mass is 35.5. The minimum absolute atomic E-state index is 0.110. The lowest BCUT2D eigenvalue weighted by Crippen LogP contribution is -2.43. The molecule has 0 aliphatic carbocycles. The third-order valence-electron chi connectivity index (χ3n) is 3.66. The molecule has 0 fully saturated rings. The fourth-order valence-electron chi connectivity index (χ4n) is 2.42. The zero-order valence-electron chi connectivity index (χ0n) is 13.8. The molecule has 0 radical (unpaired) electrons. The Bertz CT molecular complexity index is 808. The molecule has 1 aromatic carbocycles. The van der Waals surface area contributed by atoms with Crippen LogP contribution in [0.5, 0.6) is 5.75 Å². The summed E-state index contributed by atoms with van der Waals surface area (Å²) in [5.74, 6) is 0.672. The van der Waals surface area contributed by atoms with Crippen LogP contribution in [0.25, 0.3) is 0 Å². The Morgan fingerprint density at radius 1 is 1.36 bits per heavy atom. The van der Waals surface area contributed by atoms with E-state index >= 15 is 0 Å². The van der Waals surface area contributed by atoms with E-state index < -0.39 is 0 Å². The highest BCUT2D eigenvalue weighted by molar-refractivity contribution is 6.31. The molecule has 1 aliphatic rings. The molecule has 3 rings (SSSR count). The van der Waals surface area contributed by atoms with Gasteiger partial charge in [0.15, 0.2) is 6.61 Å². The van der Waals surface area contributed by atoms with E-state index in [-0.39, 0.29) is 25.0 Å². The van der Waals surface area contributed by atoms with Crippen LogP contribution in [0.4, 0.5) is 17.2 Å². The van der Waals surface area contributed by atoms with Gasteiger partial charge in [-0.15, -0.1) is 0 Å². The fraction of sp³-hybridized carbons (Fsp3) is 0.235. The second-order valence-electron chi connectivity index (χ2n) is 5.73. The van der Waals surface area contributed by atoms with Crippen LogP contribution < -0.4 is 19.9 Å². The van der Waals surface area contributed by atoms with Crippen LogP contribution in [-0.2, 0) is 9.59 Å². The second kappa shape index (κ2) is 6.98. The third-order valence-corrected chi connectivity index (χ3v) is 3.89. The van der Waals surface area contributed by atoms with Crippen LogP contribution in [-0.4, -0.2) is 44.0 Å². The quantitative estimate of drug-likeness (QED) is 0.904. The first-order chi connectivity index (χ1) is 11.9. The van der Waals surface area contributed by atoms with Crippen LogP contribution in [0.2, 0.25) is 5.02 Å². The van der Waals surface area contributed by atoms with E-state index in [1.165, 1.54) is 4.90 Å². The van der Waals surface area contributed by atoms with Crippen LogP contribution in [0.15, 0.2) is 36.5 Å². The first-order valence-corrected chi connectivity index (χ1v) is 7.98. The number of nitrogens with zero attached hydrogens (tertiary/aromatic N) is 3. The molecule has 0 saturated carbocycles. The van der Waals surface area contributed by atoms with Crippen molar-refractivity contribution in [3.8, 4) is 5.75 Å². The SMILES string of the molecule is CN(C)c1ccc(NC(=O)CN2C(=O)COc3ccc(Cl)cc32)cn1. The first-order valence-electron chi connectivity index (χ1n) is 7.60. The predicted octanol–water partition coefficient (Wildman–Crippen LogP) is 2.17. The van der Waals surface area contributed by atoms with Gasteiger partial charge < -0.3 is 15.0 Å². The minimum atomic E-state index is -0.333. The van der Waals surface area contributed by atoms with E-state index in [0.717, 1.165) is 5.82 Å². The Morgan fingerprint density at radius 2 is 2.16 bits per heavy atom. The summed E-state index contributed by atoms with van der Waals surface area (Å²) in [5, 5.41) is 3.20. The number of halogens is 1. The Morgan fingerprint density at radius 3 is 2.84 bits per heavy atom. The van der Waals surface area contributed by atoms with Gasteiger partial charge in [-0.2, -0.15) is 0 Å². The average Bonchev–Trinajstić information content (AvgIpc) is 2.58. The van der Waals surface area contributed by atoms with Gasteiger partial charge in [0.1, 0.15) is 18.1 Å². The molecule has 130 valence electrons. The summed E-state index contributed by atoms with van der Waals surface area (Å²) >= 11 is 5.99. The van der Waals surface area contributed by atoms with Gasteiger partial charge in [-0.05, 0) is 30.3 Å². The lowest BCUT2D eigenvalue weighted by Gasteiger charge is -2.29. The molecule has 2 amide bonds. The van der Waals surface area contributed by atoms with Crippen molar-refractivity contribution in [2.75, 3.05) is 42.4 Å². The minimum Gasteiger partial charge on any atom is -0.482 e. The number of fused-ring (bicyclic) bond motifs is 1. The average molecular weight is 361 g/mol. The Labute approximate surface area is 150 Å². The number of hydrogen-bond donors (Lipinski definition) is 1. The van der Waals surface area contributed by atoms with Gasteiger partial charge in [-0.1, -0.05) is 11.6 Å². The van der Waals surface area contributed by atoms with Gasteiger partial charge in [0.25, 0.3) is 5.91 Å². The number of amides is 2. The number of hydrogen-bond acceptors (Lipinski definition) is 5. The lowest BCUT2D eigenvalue weighted by molar-refractivity contribution is -0.123. The monoisotopic (exact) mass is 360 g/mol. The zero-order valence-corrected chi connectivity index (χ0v) is 14.6. The van der Waals surface area contributed by atoms with E-state index in [1.807, 2.05) is 19.0 Å². The molecule has 1 aliphatic heterocycles. The van der Waals surface area contributed by atoms with Gasteiger partial charge in [-0.25, -0.2) is 4.98 Å². The fourth-order valence-corrected chi connectivity index (χ4v) is 2.58. The van der Waals surface area contributed by atoms with Crippen LogP contribution in [0.3, 0.4) is 0 Å². The standard InChI is InChI=1S/C17H17ClN4O3/c1-21(2)15-6-4-12(8-19-15)20-16(23)9-22-13-7-11(18)3-5-14(13)25-10-17(22)24/h3-8H,9-10H2,1-2H3,(H,20,23). The summed E-state index contributed by atoms with van der Waals surface area (Å²) in [5.41, 5.74) is 1.04. The van der Waals surface area contributed by atoms with Crippen molar-refractivity contribution in [2.24, 2.45) is 0 Å². The van der Waals surface area contributed by atoms with Crippen molar-refractivity contribution < 1.29 is 14.3 Å². The van der Waals surface area contributed by atoms with Gasteiger partial charge >= 0.3 is 0 Å². The number of ether oxygens (including phenoxy) is 1. The topological polar surface area (TPSA) is 74.8 Å². The largest absolute Gasteiger partial charge is 0.482 e. The summed E-state index contributed by atoms with van der Waals surface area (Å²) < 4.78 is 5.36. The molecule has 0 spiro atoms. The second-order valence-corrected chi connectivity index (χ2v) is 6.16. The summed E-state index contributed by atoms with van der Waals surface area (Å²) in [6.45, 7) is -0.244. The summed E-state index contributed by atoms with van der Waals surface area (Å²) in [6.07, 6.45) is 1.57. The number of aromatic nitrogens is 1. The third kappa shape index (κ3) is 3.83. The van der Waals surface area contributed by atoms with Crippen molar-refractivity contribution in [3.05, 3.63) is 41.6 Å². The van der Waals surface area contributed by atoms with E-state index in [0.29, 0.717) is 22.1 Å². The lowest BCUT2D eigenvalue weighted by atomic mass is 10.2. The van der Waals surface area contributed by atoms with Crippen molar-refractivity contribution in [2.45, 2.75) is 0 Å². The normalized spacial score (nSPS) is 13.1. The molecule has 2 heterocycles. The molecule has 25 heavy (non-hydrogen) atoms. The zero-order chi connectivity index (χ0) is 18.0. The molecule has 1 aromatic heterocycles. The smallest absolute Gasteiger partial charge is 0.265 e. The molecular formula is C17H17ClN4O3. The molecular weight excluding hydrogens is 344 g/mol. The number of carbonyl (C=O) groups is 2. The van der Waals surface area contributed by atoms with Gasteiger partial charge in [0, 0.05) is 19.1 Å². The van der Waals surface area contributed by atoms with Crippen molar-refractivity contribution >= 4 is 40.6 Å². The number of nitrogens with one attached hydrogen (secondary N) is 1. The Hall–Kier alpha value is -2.80. The van der Waals surface area contributed by atoms with E-state index in [1.54, 1.807) is 36.5 Å². The van der Waals surface area contributed by atoms with E-state index in [2.05, 4.69) is 10.3 Å². The van der Waals surface area contributed by atoms with Gasteiger partial charge in [0.05, 0.1) is 17.6 Å². The maximum atomic E-state index is 12.3. The Kier molecular flexibility index (Phi) is 4.76. The highest BCUT2D eigenvalue weighted by Crippen LogP contribution is 2.34. The van der Waals surface area contributed by atoms with E-state index in [4.69, 9.17) is 16.3 Å². The van der Waals surface area contributed by atoms with Gasteiger partial charge in [0.2, 0.25) is 5.91 Å². The maximum Gasteiger partial charge on any atom is 0.265 e. The summed E-state index contributed by atoms with van der Waals surface area (Å²) in [6, 6.07) is 8.51. The highest BCUT2D eigenvalue weighted by Gasteiger charge is 2.27. The van der Waals surface area contributed by atoms with Crippen LogP contribution in [0, 0.1) is 0 Å². The predicted molar refractivity (Wildman–Crippen MR) is 96.5 cm³/mol. The van der Waals surface area contributed by atoms with Crippen molar-refractivity contribution in [3.63, 3.8) is 0 Å². The number of benzene rings is 1. The molecule has 8 heteroatoms. The Balaban J connectivity index is 1.72.